The summed E-state index contributed by atoms with van der Waals surface area (Å²) in [6, 6.07) is 0. The highest BCUT2D eigenvalue weighted by atomic mass is 14.2. The predicted octanol–water partition coefficient (Wildman–Crippen LogP) is 5.71. The van der Waals surface area contributed by atoms with Crippen molar-refractivity contribution in [1.82, 2.24) is 0 Å². The Morgan fingerprint density at radius 2 is 1.33 bits per heavy atom. The lowest BCUT2D eigenvalue weighted by Gasteiger charge is -2.13. The molecule has 0 spiro atoms. The summed E-state index contributed by atoms with van der Waals surface area (Å²) < 4.78 is 0. The fourth-order valence-corrected chi connectivity index (χ4v) is 2.87. The maximum Gasteiger partial charge on any atom is -0.0414 e. The van der Waals surface area contributed by atoms with Crippen LogP contribution >= 0.6 is 0 Å². The van der Waals surface area contributed by atoms with Crippen LogP contribution in [0.5, 0.6) is 0 Å². The maximum atomic E-state index is 2.30. The van der Waals surface area contributed by atoms with Gasteiger partial charge in [0.25, 0.3) is 0 Å². The van der Waals surface area contributed by atoms with Crippen molar-refractivity contribution >= 4 is 0 Å². The second-order valence-electron chi connectivity index (χ2n) is 5.41. The fourth-order valence-electron chi connectivity index (χ4n) is 2.87. The van der Waals surface area contributed by atoms with Gasteiger partial charge in [0.15, 0.2) is 0 Å². The molecule has 1 saturated carbocycles. The third-order valence-electron chi connectivity index (χ3n) is 3.94. The first-order valence-corrected chi connectivity index (χ1v) is 7.43. The smallest absolute Gasteiger partial charge is 0.0414 e. The Hall–Kier alpha value is 0. The molecule has 0 unspecified atom stereocenters. The van der Waals surface area contributed by atoms with Crippen LogP contribution in [-0.4, -0.2) is 0 Å². The highest BCUT2D eigenvalue weighted by Crippen LogP contribution is 2.27. The first kappa shape index (κ1) is 13.1. The van der Waals surface area contributed by atoms with Gasteiger partial charge >= 0.3 is 0 Å². The summed E-state index contributed by atoms with van der Waals surface area (Å²) >= 11 is 0. The van der Waals surface area contributed by atoms with Gasteiger partial charge in [0.05, 0.1) is 0 Å². The van der Waals surface area contributed by atoms with E-state index in [1.165, 1.54) is 83.5 Å². The molecule has 0 amide bonds. The predicted molar refractivity (Wildman–Crippen MR) is 69.2 cm³/mol. The zero-order chi connectivity index (χ0) is 10.8. The first-order valence-electron chi connectivity index (χ1n) is 7.43. The van der Waals surface area contributed by atoms with Gasteiger partial charge in [-0.05, 0) is 5.92 Å². The van der Waals surface area contributed by atoms with Crippen LogP contribution < -0.4 is 0 Å². The van der Waals surface area contributed by atoms with Gasteiger partial charge < -0.3 is 0 Å². The van der Waals surface area contributed by atoms with Crippen molar-refractivity contribution in [3.8, 4) is 0 Å². The van der Waals surface area contributed by atoms with E-state index >= 15 is 0 Å². The maximum absolute atomic E-state index is 2.30. The van der Waals surface area contributed by atoms with Gasteiger partial charge in [0, 0.05) is 0 Å². The Balaban J connectivity index is 1.89. The van der Waals surface area contributed by atoms with Crippen molar-refractivity contribution in [2.24, 2.45) is 5.92 Å². The molecule has 1 aliphatic rings. The lowest BCUT2D eigenvalue weighted by atomic mass is 9.93. The van der Waals surface area contributed by atoms with Gasteiger partial charge in [0.2, 0.25) is 0 Å². The Labute approximate surface area is 96.8 Å². The monoisotopic (exact) mass is 210 g/mol. The summed E-state index contributed by atoms with van der Waals surface area (Å²) in [5, 5.41) is 0. The fraction of sp³-hybridized carbons (Fsp3) is 1.00. The van der Waals surface area contributed by atoms with Crippen LogP contribution in [0.15, 0.2) is 0 Å². The molecule has 0 aromatic rings. The zero-order valence-electron chi connectivity index (χ0n) is 10.8. The molecule has 0 heteroatoms. The van der Waals surface area contributed by atoms with Crippen molar-refractivity contribution in [2.75, 3.05) is 0 Å². The van der Waals surface area contributed by atoms with Gasteiger partial charge in [-0.2, -0.15) is 0 Å². The lowest BCUT2D eigenvalue weighted by molar-refractivity contribution is 0.405. The van der Waals surface area contributed by atoms with Crippen LogP contribution in [0, 0.1) is 5.92 Å². The highest BCUT2D eigenvalue weighted by molar-refractivity contribution is 4.64. The molecule has 0 radical (unpaired) electrons. The minimum Gasteiger partial charge on any atom is -0.0654 e. The largest absolute Gasteiger partial charge is 0.0654 e. The van der Waals surface area contributed by atoms with Crippen LogP contribution in [0.4, 0.5) is 0 Å². The first-order chi connectivity index (χ1) is 7.43. The van der Waals surface area contributed by atoms with Gasteiger partial charge in [-0.3, -0.25) is 0 Å². The molecule has 0 aromatic heterocycles. The van der Waals surface area contributed by atoms with E-state index in [0.717, 1.165) is 5.92 Å². The third-order valence-corrected chi connectivity index (χ3v) is 3.94. The molecular weight excluding hydrogens is 180 g/mol. The van der Waals surface area contributed by atoms with Crippen LogP contribution in [0.1, 0.15) is 90.4 Å². The molecule has 1 fully saturated rings. The van der Waals surface area contributed by atoms with E-state index in [-0.39, 0.29) is 0 Å². The number of hydrogen-bond acceptors (Lipinski definition) is 0. The van der Waals surface area contributed by atoms with Crippen LogP contribution in [0.2, 0.25) is 0 Å². The molecule has 0 saturated heterocycles. The van der Waals surface area contributed by atoms with E-state index in [2.05, 4.69) is 6.92 Å². The summed E-state index contributed by atoms with van der Waals surface area (Å²) in [7, 11) is 0. The second kappa shape index (κ2) is 9.24. The van der Waals surface area contributed by atoms with Crippen LogP contribution in [0.25, 0.3) is 0 Å². The Kier molecular flexibility index (Phi) is 8.05. The Morgan fingerprint density at radius 1 is 0.733 bits per heavy atom. The SMILES string of the molecule is CCCCCCCCC1CCCCCC1. The third kappa shape index (κ3) is 6.98. The summed E-state index contributed by atoms with van der Waals surface area (Å²) in [5.41, 5.74) is 0. The summed E-state index contributed by atoms with van der Waals surface area (Å²) in [4.78, 5) is 0. The van der Waals surface area contributed by atoms with Gasteiger partial charge in [-0.15, -0.1) is 0 Å². The second-order valence-corrected chi connectivity index (χ2v) is 5.41. The molecule has 0 aromatic carbocycles. The normalized spacial score (nSPS) is 19.0. The van der Waals surface area contributed by atoms with Gasteiger partial charge in [-0.25, -0.2) is 0 Å². The minimum atomic E-state index is 1.10. The number of rotatable bonds is 7. The Morgan fingerprint density at radius 3 is 2.00 bits per heavy atom. The van der Waals surface area contributed by atoms with E-state index in [9.17, 15) is 0 Å². The molecular formula is C15H30. The molecule has 90 valence electrons. The zero-order valence-corrected chi connectivity index (χ0v) is 10.8. The molecule has 0 aliphatic heterocycles. The topological polar surface area (TPSA) is 0 Å². The molecule has 0 N–H and O–H groups in total. The molecule has 15 heavy (non-hydrogen) atoms. The molecule has 0 nitrogen and oxygen atoms in total. The van der Waals surface area contributed by atoms with Gasteiger partial charge in [-0.1, -0.05) is 90.4 Å². The standard InChI is InChI=1S/C15H30/c1-2-3-4-5-6-9-12-15-13-10-7-8-11-14-15/h15H,2-14H2,1H3. The minimum absolute atomic E-state index is 1.10. The number of unbranched alkanes of at least 4 members (excludes halogenated alkanes) is 5. The van der Waals surface area contributed by atoms with Crippen molar-refractivity contribution in [3.63, 3.8) is 0 Å². The molecule has 1 aliphatic carbocycles. The van der Waals surface area contributed by atoms with E-state index < -0.39 is 0 Å². The molecule has 1 rings (SSSR count). The van der Waals surface area contributed by atoms with E-state index in [1.54, 1.807) is 0 Å². The summed E-state index contributed by atoms with van der Waals surface area (Å²) in [6.45, 7) is 2.30. The molecule has 0 heterocycles. The van der Waals surface area contributed by atoms with E-state index in [4.69, 9.17) is 0 Å². The Bertz CT molecular complexity index is 120. The lowest BCUT2D eigenvalue weighted by Crippen LogP contribution is -1.98. The highest BCUT2D eigenvalue weighted by Gasteiger charge is 2.11. The van der Waals surface area contributed by atoms with Crippen LogP contribution in [0.3, 0.4) is 0 Å². The van der Waals surface area contributed by atoms with Crippen molar-refractivity contribution < 1.29 is 0 Å². The summed E-state index contributed by atoms with van der Waals surface area (Å²) in [5.74, 6) is 1.10. The van der Waals surface area contributed by atoms with Crippen molar-refractivity contribution in [2.45, 2.75) is 90.4 Å². The molecule has 0 atom stereocenters. The average Bonchev–Trinajstić information content (AvgIpc) is 2.52. The number of hydrogen-bond donors (Lipinski definition) is 0. The van der Waals surface area contributed by atoms with Crippen molar-refractivity contribution in [3.05, 3.63) is 0 Å². The average molecular weight is 210 g/mol. The van der Waals surface area contributed by atoms with Crippen molar-refractivity contribution in [1.29, 1.82) is 0 Å². The summed E-state index contributed by atoms with van der Waals surface area (Å²) in [6.07, 6.45) is 19.4. The van der Waals surface area contributed by atoms with E-state index in [0.29, 0.717) is 0 Å². The van der Waals surface area contributed by atoms with Crippen LogP contribution in [-0.2, 0) is 0 Å². The van der Waals surface area contributed by atoms with E-state index in [1.807, 2.05) is 0 Å². The molecule has 0 bridgehead atoms. The van der Waals surface area contributed by atoms with Gasteiger partial charge in [0.1, 0.15) is 0 Å². The quantitative estimate of drug-likeness (QED) is 0.373.